The van der Waals surface area contributed by atoms with E-state index in [2.05, 4.69) is 13.5 Å². The van der Waals surface area contributed by atoms with Crippen LogP contribution in [-0.4, -0.2) is 21.3 Å². The Labute approximate surface area is 173 Å². The van der Waals surface area contributed by atoms with Crippen molar-refractivity contribution in [2.24, 2.45) is 0 Å². The molecule has 0 amide bonds. The molecular formula is C14H32KO5P. The molecule has 0 atom stereocenters. The number of rotatable bonds is 12. The van der Waals surface area contributed by atoms with E-state index >= 15 is 0 Å². The van der Waals surface area contributed by atoms with Gasteiger partial charge < -0.3 is 20.8 Å². The van der Waals surface area contributed by atoms with Crippen molar-refractivity contribution in [3.05, 3.63) is 12.8 Å². The van der Waals surface area contributed by atoms with Crippen molar-refractivity contribution in [2.45, 2.75) is 71.1 Å². The molecule has 0 unspecified atom stereocenters. The van der Waals surface area contributed by atoms with Crippen molar-refractivity contribution in [1.29, 1.82) is 0 Å². The molecule has 7 heteroatoms. The molecule has 0 bridgehead atoms. The molecule has 0 saturated heterocycles. The molecule has 0 spiro atoms. The molecule has 0 aromatic rings. The third-order valence-electron chi connectivity index (χ3n) is 2.73. The van der Waals surface area contributed by atoms with Gasteiger partial charge >= 0.3 is 59.2 Å². The third-order valence-corrected chi connectivity index (χ3v) is 2.73. The molecule has 0 saturated carbocycles. The molecule has 0 aliphatic heterocycles. The smallest absolute Gasteiger partial charge is 1.00 e. The minimum atomic E-state index is -4.64. The molecule has 124 valence electrons. The summed E-state index contributed by atoms with van der Waals surface area (Å²) in [5.74, 6) is 0. The number of phosphoric acid groups is 1. The summed E-state index contributed by atoms with van der Waals surface area (Å²) in [5, 5.41) is 0. The molecule has 0 aliphatic rings. The van der Waals surface area contributed by atoms with E-state index in [4.69, 9.17) is 24.0 Å². The fraction of sp³-hybridized carbons (Fsp3) is 0.857. The van der Waals surface area contributed by atoms with Gasteiger partial charge in [-0.2, -0.15) is 0 Å². The fourth-order valence-electron chi connectivity index (χ4n) is 1.76. The van der Waals surface area contributed by atoms with Crippen LogP contribution in [0.5, 0.6) is 0 Å². The molecule has 0 heterocycles. The van der Waals surface area contributed by atoms with Crippen LogP contribution in [0.2, 0.25) is 0 Å². The molecular weight excluding hydrogens is 318 g/mol. The van der Waals surface area contributed by atoms with E-state index < -0.39 is 7.82 Å². The normalized spacial score (nSPS) is 10.1. The van der Waals surface area contributed by atoms with Gasteiger partial charge in [0.25, 0.3) is 0 Å². The second kappa shape index (κ2) is 21.3. The monoisotopic (exact) mass is 350 g/mol. The van der Waals surface area contributed by atoms with E-state index in [-0.39, 0.29) is 52.8 Å². The Morgan fingerprint density at radius 3 is 1.62 bits per heavy atom. The maximum absolute atomic E-state index is 8.88. The Kier molecular flexibility index (Phi) is 27.5. The Morgan fingerprint density at radius 1 is 0.952 bits per heavy atom. The van der Waals surface area contributed by atoms with Crippen molar-refractivity contribution < 1.29 is 76.8 Å². The number of hydrogen-bond acceptors (Lipinski definition) is 2. The maximum Gasteiger partial charge on any atom is 1.00 e. The van der Waals surface area contributed by atoms with Crippen LogP contribution < -0.4 is 51.4 Å². The number of hydrogen-bond donors (Lipinski definition) is 3. The topological polar surface area (TPSA) is 87.0 Å². The Hall–Kier alpha value is 1.29. The van der Waals surface area contributed by atoms with E-state index in [0.717, 1.165) is 6.61 Å². The van der Waals surface area contributed by atoms with Crippen LogP contribution in [0, 0.1) is 0 Å². The number of unbranched alkanes of at least 4 members (excludes halogenated alkanes) is 9. The van der Waals surface area contributed by atoms with Crippen LogP contribution in [0.15, 0.2) is 12.8 Å². The Morgan fingerprint density at radius 2 is 1.29 bits per heavy atom. The summed E-state index contributed by atoms with van der Waals surface area (Å²) in [6.07, 6.45) is 15.3. The van der Waals surface area contributed by atoms with Crippen LogP contribution in [0.3, 0.4) is 0 Å². The van der Waals surface area contributed by atoms with Crippen LogP contribution in [0.4, 0.5) is 0 Å². The second-order valence-electron chi connectivity index (χ2n) is 4.73. The predicted octanol–water partition coefficient (Wildman–Crippen LogP) is 1.26. The first kappa shape index (κ1) is 27.1. The van der Waals surface area contributed by atoms with Crippen molar-refractivity contribution in [2.75, 3.05) is 6.61 Å². The van der Waals surface area contributed by atoms with E-state index in [9.17, 15) is 0 Å². The van der Waals surface area contributed by atoms with Gasteiger partial charge in [0.1, 0.15) is 0 Å². The Bertz CT molecular complexity index is 243. The summed E-state index contributed by atoms with van der Waals surface area (Å²) in [7, 11) is -4.64. The van der Waals surface area contributed by atoms with Gasteiger partial charge in [-0.25, -0.2) is 4.57 Å². The molecule has 0 fully saturated rings. The number of ether oxygens (including phenoxy) is 1. The minimum absolute atomic E-state index is 0. The molecule has 21 heavy (non-hydrogen) atoms. The summed E-state index contributed by atoms with van der Waals surface area (Å²) >= 11 is 0. The summed E-state index contributed by atoms with van der Waals surface area (Å²) < 4.78 is 14.0. The quantitative estimate of drug-likeness (QED) is 0.213. The summed E-state index contributed by atoms with van der Waals surface area (Å²) in [6, 6.07) is 0. The van der Waals surface area contributed by atoms with Gasteiger partial charge in [0, 0.05) is 0 Å². The standard InChI is InChI=1S/C14H28O.K.H3O4P.H/c1-3-5-6-7-8-9-10-11-12-13-14-15-4-2;;1-5(2,3)4;/h4H,2-3,5-14H2,1H3;;(H3,1,2,3,4);/q;+1;;-1. The zero-order chi connectivity index (χ0) is 15.7. The molecule has 0 aromatic carbocycles. The van der Waals surface area contributed by atoms with Crippen molar-refractivity contribution in [1.82, 2.24) is 0 Å². The zero-order valence-electron chi connectivity index (χ0n) is 14.7. The van der Waals surface area contributed by atoms with Crippen LogP contribution >= 0.6 is 7.82 Å². The van der Waals surface area contributed by atoms with Crippen molar-refractivity contribution in [3.8, 4) is 0 Å². The van der Waals surface area contributed by atoms with Gasteiger partial charge in [-0.05, 0) is 6.42 Å². The van der Waals surface area contributed by atoms with Gasteiger partial charge in [-0.3, -0.25) is 0 Å². The van der Waals surface area contributed by atoms with E-state index in [0.29, 0.717) is 0 Å². The molecule has 0 radical (unpaired) electrons. The van der Waals surface area contributed by atoms with Gasteiger partial charge in [0.05, 0.1) is 12.9 Å². The maximum atomic E-state index is 8.88. The first-order valence-corrected chi connectivity index (χ1v) is 8.99. The van der Waals surface area contributed by atoms with Crippen LogP contribution in [-0.2, 0) is 9.30 Å². The van der Waals surface area contributed by atoms with Crippen LogP contribution in [0.25, 0.3) is 0 Å². The zero-order valence-corrected chi connectivity index (χ0v) is 17.7. The van der Waals surface area contributed by atoms with E-state index in [1.165, 1.54) is 70.5 Å². The Balaban J connectivity index is -0.000000201. The molecule has 0 aliphatic carbocycles. The minimum Gasteiger partial charge on any atom is -1.00 e. The average molecular weight is 350 g/mol. The van der Waals surface area contributed by atoms with Crippen molar-refractivity contribution >= 4 is 7.82 Å². The summed E-state index contributed by atoms with van der Waals surface area (Å²) in [4.78, 5) is 21.6. The SMILES string of the molecule is C=COCCCCCCCCCCCC.O=P(O)(O)O.[H-].[K+]. The first-order chi connectivity index (χ1) is 9.41. The van der Waals surface area contributed by atoms with Gasteiger partial charge in [-0.1, -0.05) is 71.3 Å². The van der Waals surface area contributed by atoms with Gasteiger partial charge in [0.15, 0.2) is 0 Å². The van der Waals surface area contributed by atoms with Crippen LogP contribution in [0.1, 0.15) is 72.6 Å². The summed E-state index contributed by atoms with van der Waals surface area (Å²) in [5.41, 5.74) is 0. The molecule has 0 aromatic heterocycles. The van der Waals surface area contributed by atoms with E-state index in [1.54, 1.807) is 0 Å². The fourth-order valence-corrected chi connectivity index (χ4v) is 1.76. The molecule has 3 N–H and O–H groups in total. The second-order valence-corrected chi connectivity index (χ2v) is 5.76. The molecule has 5 nitrogen and oxygen atoms in total. The predicted molar refractivity (Wildman–Crippen MR) is 83.4 cm³/mol. The average Bonchev–Trinajstić information content (AvgIpc) is 2.34. The third kappa shape index (κ3) is 44.9. The van der Waals surface area contributed by atoms with Crippen molar-refractivity contribution in [3.63, 3.8) is 0 Å². The van der Waals surface area contributed by atoms with Gasteiger partial charge in [-0.15, -0.1) is 0 Å². The van der Waals surface area contributed by atoms with E-state index in [1.807, 2.05) is 0 Å². The van der Waals surface area contributed by atoms with Gasteiger partial charge in [0.2, 0.25) is 0 Å². The molecule has 0 rings (SSSR count). The summed E-state index contributed by atoms with van der Waals surface area (Å²) in [6.45, 7) is 6.64. The first-order valence-electron chi connectivity index (χ1n) is 7.42. The largest absolute Gasteiger partial charge is 1.00 e.